The standard InChI is InChI=1S/C23H27N3O3/c1-15-19(17-7-5-6-16(10-17)12-24)11-18(13-25-15)29-14-23(8-9-23)20(22(2,3)4)26-21(27)28/h5-7,10-11,13,20,26H,8-9,14H2,1-4H3,(H,27,28). The van der Waals surface area contributed by atoms with Crippen LogP contribution < -0.4 is 10.1 Å². The van der Waals surface area contributed by atoms with Crippen LogP contribution >= 0.6 is 0 Å². The minimum atomic E-state index is -1.01. The number of nitrogens with one attached hydrogen (secondary N) is 1. The number of amides is 1. The highest BCUT2D eigenvalue weighted by Crippen LogP contribution is 2.53. The predicted molar refractivity (Wildman–Crippen MR) is 111 cm³/mol. The zero-order valence-electron chi connectivity index (χ0n) is 17.3. The van der Waals surface area contributed by atoms with E-state index in [1.165, 1.54) is 0 Å². The number of rotatable bonds is 6. The second-order valence-corrected chi connectivity index (χ2v) is 8.90. The minimum Gasteiger partial charge on any atom is -0.491 e. The lowest BCUT2D eigenvalue weighted by Gasteiger charge is -2.37. The van der Waals surface area contributed by atoms with Gasteiger partial charge in [0.15, 0.2) is 0 Å². The second-order valence-electron chi connectivity index (χ2n) is 8.90. The Morgan fingerprint density at radius 3 is 2.69 bits per heavy atom. The molecule has 0 radical (unpaired) electrons. The number of aryl methyl sites for hydroxylation is 1. The maximum absolute atomic E-state index is 11.3. The summed E-state index contributed by atoms with van der Waals surface area (Å²) in [4.78, 5) is 15.8. The van der Waals surface area contributed by atoms with Crippen LogP contribution in [0.1, 0.15) is 44.9 Å². The van der Waals surface area contributed by atoms with Crippen molar-refractivity contribution in [2.75, 3.05) is 6.61 Å². The van der Waals surface area contributed by atoms with E-state index in [9.17, 15) is 9.90 Å². The lowest BCUT2D eigenvalue weighted by atomic mass is 9.77. The molecule has 0 saturated heterocycles. The number of nitrogens with zero attached hydrogens (tertiary/aromatic N) is 2. The van der Waals surface area contributed by atoms with Gasteiger partial charge in [0.05, 0.1) is 24.4 Å². The molecule has 1 fully saturated rings. The smallest absolute Gasteiger partial charge is 0.404 e. The number of hydrogen-bond acceptors (Lipinski definition) is 4. The van der Waals surface area contributed by atoms with Crippen LogP contribution in [0.15, 0.2) is 36.5 Å². The van der Waals surface area contributed by atoms with Gasteiger partial charge in [-0.2, -0.15) is 5.26 Å². The Labute approximate surface area is 171 Å². The van der Waals surface area contributed by atoms with Crippen LogP contribution in [-0.4, -0.2) is 28.8 Å². The average molecular weight is 393 g/mol. The molecule has 0 bridgehead atoms. The molecule has 6 nitrogen and oxygen atoms in total. The molecule has 1 aromatic carbocycles. The van der Waals surface area contributed by atoms with Crippen molar-refractivity contribution in [2.24, 2.45) is 10.8 Å². The van der Waals surface area contributed by atoms with Crippen LogP contribution in [0.4, 0.5) is 4.79 Å². The molecule has 1 atom stereocenters. The highest BCUT2D eigenvalue weighted by Gasteiger charge is 2.54. The van der Waals surface area contributed by atoms with Gasteiger partial charge in [0.1, 0.15) is 5.75 Å². The first-order valence-corrected chi connectivity index (χ1v) is 9.74. The first-order chi connectivity index (χ1) is 13.6. The van der Waals surface area contributed by atoms with Gasteiger partial charge in [0.2, 0.25) is 0 Å². The quantitative estimate of drug-likeness (QED) is 0.737. The summed E-state index contributed by atoms with van der Waals surface area (Å²) in [6, 6.07) is 11.3. The van der Waals surface area contributed by atoms with Crippen LogP contribution in [0, 0.1) is 29.1 Å². The monoisotopic (exact) mass is 393 g/mol. The molecule has 0 spiro atoms. The van der Waals surface area contributed by atoms with E-state index in [0.29, 0.717) is 17.9 Å². The van der Waals surface area contributed by atoms with E-state index >= 15 is 0 Å². The molecule has 2 aromatic rings. The molecule has 1 unspecified atom stereocenters. The van der Waals surface area contributed by atoms with Gasteiger partial charge in [-0.25, -0.2) is 4.79 Å². The average Bonchev–Trinajstić information content (AvgIpc) is 3.45. The molecule has 1 heterocycles. The van der Waals surface area contributed by atoms with Crippen LogP contribution in [0.3, 0.4) is 0 Å². The number of pyridine rings is 1. The van der Waals surface area contributed by atoms with Gasteiger partial charge in [0.25, 0.3) is 0 Å². The van der Waals surface area contributed by atoms with Crippen LogP contribution in [0.5, 0.6) is 5.75 Å². The van der Waals surface area contributed by atoms with Crippen molar-refractivity contribution in [1.29, 1.82) is 5.26 Å². The first-order valence-electron chi connectivity index (χ1n) is 9.74. The number of hydrogen-bond donors (Lipinski definition) is 2. The third-order valence-corrected chi connectivity index (χ3v) is 5.53. The summed E-state index contributed by atoms with van der Waals surface area (Å²) in [5, 5.41) is 21.1. The van der Waals surface area contributed by atoms with Crippen molar-refractivity contribution >= 4 is 6.09 Å². The summed E-state index contributed by atoms with van der Waals surface area (Å²) >= 11 is 0. The van der Waals surface area contributed by atoms with Gasteiger partial charge in [-0.1, -0.05) is 32.9 Å². The topological polar surface area (TPSA) is 95.2 Å². The van der Waals surface area contributed by atoms with Gasteiger partial charge >= 0.3 is 6.09 Å². The first kappa shape index (κ1) is 20.7. The van der Waals surface area contributed by atoms with Crippen LogP contribution in [-0.2, 0) is 0 Å². The van der Waals surface area contributed by atoms with E-state index < -0.39 is 6.09 Å². The van der Waals surface area contributed by atoms with Crippen molar-refractivity contribution in [3.05, 3.63) is 47.8 Å². The highest BCUT2D eigenvalue weighted by atomic mass is 16.5. The Bertz CT molecular complexity index is 953. The van der Waals surface area contributed by atoms with Crippen molar-refractivity contribution in [3.63, 3.8) is 0 Å². The van der Waals surface area contributed by atoms with Crippen molar-refractivity contribution < 1.29 is 14.6 Å². The molecule has 1 saturated carbocycles. The van der Waals surface area contributed by atoms with E-state index in [4.69, 9.17) is 10.00 Å². The molecule has 29 heavy (non-hydrogen) atoms. The summed E-state index contributed by atoms with van der Waals surface area (Å²) < 4.78 is 6.10. The molecule has 2 N–H and O–H groups in total. The van der Waals surface area contributed by atoms with Crippen molar-refractivity contribution in [2.45, 2.75) is 46.6 Å². The fraction of sp³-hybridized carbons (Fsp3) is 0.435. The van der Waals surface area contributed by atoms with E-state index in [0.717, 1.165) is 29.7 Å². The molecule has 1 aliphatic rings. The summed E-state index contributed by atoms with van der Waals surface area (Å²) in [7, 11) is 0. The third kappa shape index (κ3) is 4.68. The molecule has 3 rings (SSSR count). The Balaban J connectivity index is 1.81. The Morgan fingerprint density at radius 2 is 2.10 bits per heavy atom. The normalized spacial score (nSPS) is 15.8. The fourth-order valence-electron chi connectivity index (χ4n) is 3.96. The van der Waals surface area contributed by atoms with E-state index in [1.54, 1.807) is 12.3 Å². The number of benzene rings is 1. The molecule has 152 valence electrons. The molecule has 6 heteroatoms. The lowest BCUT2D eigenvalue weighted by molar-refractivity contribution is 0.111. The maximum Gasteiger partial charge on any atom is 0.404 e. The molecule has 1 amide bonds. The van der Waals surface area contributed by atoms with E-state index in [2.05, 4.69) is 16.4 Å². The Hall–Kier alpha value is -3.07. The SMILES string of the molecule is Cc1ncc(OCC2(C(NC(=O)O)C(C)(C)C)CC2)cc1-c1cccc(C#N)c1. The van der Waals surface area contributed by atoms with E-state index in [1.807, 2.05) is 52.0 Å². The van der Waals surface area contributed by atoms with Crippen molar-refractivity contribution in [1.82, 2.24) is 10.3 Å². The number of carbonyl (C=O) groups is 1. The predicted octanol–water partition coefficient (Wildman–Crippen LogP) is 4.77. The number of carboxylic acid groups (broad SMARTS) is 1. The highest BCUT2D eigenvalue weighted by molar-refractivity contribution is 5.68. The molecular formula is C23H27N3O3. The summed E-state index contributed by atoms with van der Waals surface area (Å²) in [5.41, 5.74) is 2.86. The van der Waals surface area contributed by atoms with Crippen LogP contribution in [0.2, 0.25) is 0 Å². The molecule has 1 aliphatic carbocycles. The molecule has 1 aromatic heterocycles. The number of ether oxygens (including phenoxy) is 1. The minimum absolute atomic E-state index is 0.197. The third-order valence-electron chi connectivity index (χ3n) is 5.53. The lowest BCUT2D eigenvalue weighted by Crippen LogP contribution is -2.51. The van der Waals surface area contributed by atoms with Gasteiger partial charge in [0, 0.05) is 22.7 Å². The zero-order valence-corrected chi connectivity index (χ0v) is 17.3. The maximum atomic E-state index is 11.3. The zero-order chi connectivity index (χ0) is 21.2. The van der Waals surface area contributed by atoms with Gasteiger partial charge in [-0.15, -0.1) is 0 Å². The van der Waals surface area contributed by atoms with Gasteiger partial charge in [-0.3, -0.25) is 4.98 Å². The summed E-state index contributed by atoms with van der Waals surface area (Å²) in [6.45, 7) is 8.48. The van der Waals surface area contributed by atoms with Gasteiger partial charge in [-0.05, 0) is 48.9 Å². The Kier molecular flexibility index (Phi) is 5.52. The summed E-state index contributed by atoms with van der Waals surface area (Å²) in [6.07, 6.45) is 2.53. The van der Waals surface area contributed by atoms with Gasteiger partial charge < -0.3 is 15.2 Å². The Morgan fingerprint density at radius 1 is 1.38 bits per heavy atom. The van der Waals surface area contributed by atoms with E-state index in [-0.39, 0.29) is 16.9 Å². The number of nitriles is 1. The number of aromatic nitrogens is 1. The van der Waals surface area contributed by atoms with Crippen LogP contribution in [0.25, 0.3) is 11.1 Å². The summed E-state index contributed by atoms with van der Waals surface area (Å²) in [5.74, 6) is 0.641. The fourth-order valence-corrected chi connectivity index (χ4v) is 3.96. The molecular weight excluding hydrogens is 366 g/mol. The van der Waals surface area contributed by atoms with Crippen molar-refractivity contribution in [3.8, 4) is 22.9 Å². The largest absolute Gasteiger partial charge is 0.491 e. The second kappa shape index (κ2) is 7.75. The molecule has 0 aliphatic heterocycles.